The third-order valence-electron chi connectivity index (χ3n) is 3.29. The van der Waals surface area contributed by atoms with E-state index in [2.05, 4.69) is 22.6 Å². The number of nitrogens with zero attached hydrogens (tertiary/aromatic N) is 3. The maximum Gasteiger partial charge on any atom is 0.122 e. The van der Waals surface area contributed by atoms with Crippen molar-refractivity contribution >= 4 is 11.0 Å². The summed E-state index contributed by atoms with van der Waals surface area (Å²) in [7, 11) is 0. The first kappa shape index (κ1) is 12.9. The standard InChI is InChI=1S/C15H18N4O/c1-2-8-16-10-15-12(7-9-20-15)11-19-14-6-4-3-5-13(14)17-18-19/h3-7,9,16H,2,8,10-11H2,1H3. The molecule has 104 valence electrons. The van der Waals surface area contributed by atoms with Gasteiger partial charge in [0.1, 0.15) is 11.3 Å². The number of aromatic nitrogens is 3. The van der Waals surface area contributed by atoms with Gasteiger partial charge in [-0.3, -0.25) is 0 Å². The molecule has 0 aliphatic rings. The Hall–Kier alpha value is -2.14. The Morgan fingerprint density at radius 3 is 3.05 bits per heavy atom. The molecule has 1 N–H and O–H groups in total. The number of fused-ring (bicyclic) bond motifs is 1. The fraction of sp³-hybridized carbons (Fsp3) is 0.333. The highest BCUT2D eigenvalue weighted by atomic mass is 16.3. The molecule has 0 atom stereocenters. The molecule has 2 aromatic heterocycles. The highest BCUT2D eigenvalue weighted by molar-refractivity contribution is 5.73. The van der Waals surface area contributed by atoms with Gasteiger partial charge in [0.25, 0.3) is 0 Å². The third-order valence-corrected chi connectivity index (χ3v) is 3.29. The Morgan fingerprint density at radius 1 is 1.25 bits per heavy atom. The monoisotopic (exact) mass is 270 g/mol. The van der Waals surface area contributed by atoms with Gasteiger partial charge in [-0.1, -0.05) is 24.3 Å². The van der Waals surface area contributed by atoms with Gasteiger partial charge in [-0.15, -0.1) is 5.10 Å². The zero-order valence-electron chi connectivity index (χ0n) is 11.5. The number of benzene rings is 1. The first-order valence-corrected chi connectivity index (χ1v) is 6.92. The SMILES string of the molecule is CCCNCc1occc1Cn1nnc2ccccc21. The van der Waals surface area contributed by atoms with Crippen LogP contribution in [-0.2, 0) is 13.1 Å². The van der Waals surface area contributed by atoms with Crippen LogP contribution < -0.4 is 5.32 Å². The number of hydrogen-bond acceptors (Lipinski definition) is 4. The van der Waals surface area contributed by atoms with E-state index < -0.39 is 0 Å². The van der Waals surface area contributed by atoms with Crippen molar-refractivity contribution in [2.24, 2.45) is 0 Å². The highest BCUT2D eigenvalue weighted by Gasteiger charge is 2.09. The molecule has 0 saturated heterocycles. The first-order chi connectivity index (χ1) is 9.88. The summed E-state index contributed by atoms with van der Waals surface area (Å²) in [4.78, 5) is 0. The highest BCUT2D eigenvalue weighted by Crippen LogP contribution is 2.15. The average Bonchev–Trinajstić information content (AvgIpc) is 3.08. The molecule has 0 spiro atoms. The summed E-state index contributed by atoms with van der Waals surface area (Å²) >= 11 is 0. The number of hydrogen-bond donors (Lipinski definition) is 1. The second-order valence-electron chi connectivity index (χ2n) is 4.78. The summed E-state index contributed by atoms with van der Waals surface area (Å²) in [5, 5.41) is 11.7. The first-order valence-electron chi connectivity index (χ1n) is 6.92. The summed E-state index contributed by atoms with van der Waals surface area (Å²) in [6.45, 7) is 4.58. The van der Waals surface area contributed by atoms with Gasteiger partial charge in [0, 0.05) is 5.56 Å². The van der Waals surface area contributed by atoms with Crippen LogP contribution in [0.4, 0.5) is 0 Å². The predicted molar refractivity (Wildman–Crippen MR) is 77.3 cm³/mol. The van der Waals surface area contributed by atoms with Crippen molar-refractivity contribution in [3.8, 4) is 0 Å². The van der Waals surface area contributed by atoms with Gasteiger partial charge >= 0.3 is 0 Å². The molecule has 3 rings (SSSR count). The predicted octanol–water partition coefficient (Wildman–Crippen LogP) is 2.57. The van der Waals surface area contributed by atoms with Gasteiger partial charge in [-0.05, 0) is 31.2 Å². The number of nitrogens with one attached hydrogen (secondary N) is 1. The minimum atomic E-state index is 0.681. The van der Waals surface area contributed by atoms with E-state index in [1.807, 2.05) is 35.0 Å². The molecular weight excluding hydrogens is 252 g/mol. The molecule has 0 aliphatic carbocycles. The normalized spacial score (nSPS) is 11.2. The van der Waals surface area contributed by atoms with E-state index in [0.717, 1.165) is 41.9 Å². The second-order valence-corrected chi connectivity index (χ2v) is 4.78. The second kappa shape index (κ2) is 5.88. The molecule has 0 fully saturated rings. The van der Waals surface area contributed by atoms with E-state index >= 15 is 0 Å². The van der Waals surface area contributed by atoms with E-state index in [1.54, 1.807) is 6.26 Å². The van der Waals surface area contributed by atoms with Gasteiger partial charge in [0.2, 0.25) is 0 Å². The molecule has 3 aromatic rings. The molecule has 0 saturated carbocycles. The van der Waals surface area contributed by atoms with Crippen LogP contribution in [0.5, 0.6) is 0 Å². The van der Waals surface area contributed by atoms with Crippen molar-refractivity contribution in [1.82, 2.24) is 20.3 Å². The Kier molecular flexibility index (Phi) is 3.78. The maximum absolute atomic E-state index is 5.55. The summed E-state index contributed by atoms with van der Waals surface area (Å²) in [6.07, 6.45) is 2.85. The largest absolute Gasteiger partial charge is 0.468 e. The van der Waals surface area contributed by atoms with Crippen LogP contribution in [-0.4, -0.2) is 21.5 Å². The van der Waals surface area contributed by atoms with Crippen LogP contribution in [0.2, 0.25) is 0 Å². The van der Waals surface area contributed by atoms with Crippen LogP contribution in [0.1, 0.15) is 24.7 Å². The van der Waals surface area contributed by atoms with E-state index in [1.165, 1.54) is 0 Å². The van der Waals surface area contributed by atoms with Crippen molar-refractivity contribution < 1.29 is 4.42 Å². The lowest BCUT2D eigenvalue weighted by Gasteiger charge is -2.05. The Bertz CT molecular complexity index is 686. The summed E-state index contributed by atoms with van der Waals surface area (Å²) < 4.78 is 7.45. The van der Waals surface area contributed by atoms with E-state index in [4.69, 9.17) is 4.42 Å². The molecule has 0 aliphatic heterocycles. The van der Waals surface area contributed by atoms with Crippen LogP contribution in [0.3, 0.4) is 0 Å². The van der Waals surface area contributed by atoms with Gasteiger partial charge in [0.15, 0.2) is 0 Å². The van der Waals surface area contributed by atoms with Crippen molar-refractivity contribution in [3.05, 3.63) is 47.9 Å². The minimum Gasteiger partial charge on any atom is -0.468 e. The molecular formula is C15H18N4O. The van der Waals surface area contributed by atoms with Crippen molar-refractivity contribution in [2.45, 2.75) is 26.4 Å². The van der Waals surface area contributed by atoms with Crippen LogP contribution >= 0.6 is 0 Å². The summed E-state index contributed by atoms with van der Waals surface area (Å²) in [6, 6.07) is 9.97. The lowest BCUT2D eigenvalue weighted by atomic mass is 10.2. The van der Waals surface area contributed by atoms with E-state index in [-0.39, 0.29) is 0 Å². The Balaban J connectivity index is 1.79. The van der Waals surface area contributed by atoms with Crippen molar-refractivity contribution in [1.29, 1.82) is 0 Å². The topological polar surface area (TPSA) is 55.9 Å². The minimum absolute atomic E-state index is 0.681. The number of para-hydroxylation sites is 1. The van der Waals surface area contributed by atoms with Crippen molar-refractivity contribution in [3.63, 3.8) is 0 Å². The van der Waals surface area contributed by atoms with Crippen LogP contribution in [0, 0.1) is 0 Å². The Morgan fingerprint density at radius 2 is 2.15 bits per heavy atom. The zero-order valence-corrected chi connectivity index (χ0v) is 11.5. The average molecular weight is 270 g/mol. The maximum atomic E-state index is 5.55. The fourth-order valence-corrected chi connectivity index (χ4v) is 2.24. The van der Waals surface area contributed by atoms with Gasteiger partial charge in [-0.25, -0.2) is 4.68 Å². The molecule has 1 aromatic carbocycles. The van der Waals surface area contributed by atoms with Gasteiger partial charge in [0.05, 0.1) is 24.9 Å². The van der Waals surface area contributed by atoms with Gasteiger partial charge < -0.3 is 9.73 Å². The molecule has 5 heteroatoms. The number of rotatable bonds is 6. The summed E-state index contributed by atoms with van der Waals surface area (Å²) in [5.41, 5.74) is 3.10. The lowest BCUT2D eigenvalue weighted by Crippen LogP contribution is -2.15. The van der Waals surface area contributed by atoms with Crippen LogP contribution in [0.15, 0.2) is 41.0 Å². The molecule has 0 amide bonds. The van der Waals surface area contributed by atoms with Crippen molar-refractivity contribution in [2.75, 3.05) is 6.54 Å². The summed E-state index contributed by atoms with van der Waals surface area (Å²) in [5.74, 6) is 0.970. The fourth-order valence-electron chi connectivity index (χ4n) is 2.24. The third kappa shape index (κ3) is 2.58. The molecule has 0 radical (unpaired) electrons. The smallest absolute Gasteiger partial charge is 0.122 e. The Labute approximate surface area is 117 Å². The molecule has 0 unspecified atom stereocenters. The molecule has 2 heterocycles. The van der Waals surface area contributed by atoms with Gasteiger partial charge in [-0.2, -0.15) is 0 Å². The van der Waals surface area contributed by atoms with E-state index in [9.17, 15) is 0 Å². The quantitative estimate of drug-likeness (QED) is 0.699. The molecule has 20 heavy (non-hydrogen) atoms. The van der Waals surface area contributed by atoms with E-state index in [0.29, 0.717) is 6.54 Å². The molecule has 5 nitrogen and oxygen atoms in total. The van der Waals surface area contributed by atoms with Crippen LogP contribution in [0.25, 0.3) is 11.0 Å². The molecule has 0 bridgehead atoms. The zero-order chi connectivity index (χ0) is 13.8. The number of furan rings is 1. The lowest BCUT2D eigenvalue weighted by molar-refractivity contribution is 0.475.